The quantitative estimate of drug-likeness (QED) is 0.747. The second-order valence-electron chi connectivity index (χ2n) is 8.56. The van der Waals surface area contributed by atoms with Crippen LogP contribution in [0.3, 0.4) is 0 Å². The molecule has 3 aliphatic rings. The Morgan fingerprint density at radius 1 is 1.00 bits per heavy atom. The lowest BCUT2D eigenvalue weighted by molar-refractivity contribution is 0.160. The first-order chi connectivity index (χ1) is 14.8. The van der Waals surface area contributed by atoms with Crippen molar-refractivity contribution in [2.24, 2.45) is 0 Å². The molecule has 3 aliphatic heterocycles. The van der Waals surface area contributed by atoms with Gasteiger partial charge < -0.3 is 9.64 Å². The molecule has 2 aromatic rings. The molecule has 1 aromatic carbocycles. The van der Waals surface area contributed by atoms with E-state index in [0.29, 0.717) is 0 Å². The van der Waals surface area contributed by atoms with E-state index in [-0.39, 0.29) is 0 Å². The van der Waals surface area contributed by atoms with Crippen LogP contribution >= 0.6 is 11.8 Å². The molecule has 6 heteroatoms. The van der Waals surface area contributed by atoms with Gasteiger partial charge in [-0.1, -0.05) is 12.1 Å². The van der Waals surface area contributed by atoms with E-state index >= 15 is 0 Å². The van der Waals surface area contributed by atoms with Crippen molar-refractivity contribution in [1.29, 1.82) is 0 Å². The molecule has 0 radical (unpaired) electrons. The molecule has 0 N–H and O–H groups in total. The number of piperazine rings is 1. The molecule has 0 atom stereocenters. The summed E-state index contributed by atoms with van der Waals surface area (Å²) in [5.41, 5.74) is 2.78. The summed E-state index contributed by atoms with van der Waals surface area (Å²) >= 11 is 2.10. The highest BCUT2D eigenvalue weighted by atomic mass is 32.2. The van der Waals surface area contributed by atoms with Crippen LogP contribution in [0.25, 0.3) is 0 Å². The van der Waals surface area contributed by atoms with Crippen molar-refractivity contribution < 1.29 is 4.74 Å². The molecule has 160 valence electrons. The number of benzene rings is 1. The first-order valence-corrected chi connectivity index (χ1v) is 12.5. The number of nitrogens with zero attached hydrogens (tertiary/aromatic N) is 4. The summed E-state index contributed by atoms with van der Waals surface area (Å²) in [6.45, 7) is 8.15. The summed E-state index contributed by atoms with van der Waals surface area (Å²) in [4.78, 5) is 12.1. The molecule has 0 spiro atoms. The number of rotatable bonds is 4. The fourth-order valence-electron chi connectivity index (χ4n) is 4.86. The number of pyridine rings is 1. The van der Waals surface area contributed by atoms with Gasteiger partial charge in [-0.3, -0.25) is 9.80 Å². The Kier molecular flexibility index (Phi) is 6.44. The number of thioether (sulfide) groups is 1. The van der Waals surface area contributed by atoms with Gasteiger partial charge in [0.15, 0.2) is 0 Å². The maximum atomic E-state index is 6.10. The maximum Gasteiger partial charge on any atom is 0.128 e. The van der Waals surface area contributed by atoms with Gasteiger partial charge in [-0.25, -0.2) is 4.98 Å². The number of anilines is 1. The SMILES string of the molecule is c1ccc(N2CCN(Cc3ccc4c(c3)CN(C3CCSCC3)CCO4)CC2)nc1. The molecular weight excluding hydrogens is 392 g/mol. The topological polar surface area (TPSA) is 31.8 Å². The number of hydrogen-bond donors (Lipinski definition) is 0. The third-order valence-corrected chi connectivity index (χ3v) is 7.64. The minimum absolute atomic E-state index is 0.726. The molecule has 30 heavy (non-hydrogen) atoms. The predicted molar refractivity (Wildman–Crippen MR) is 124 cm³/mol. The van der Waals surface area contributed by atoms with Gasteiger partial charge in [0.2, 0.25) is 0 Å². The standard InChI is InChI=1S/C24H32N4OS/c1-2-8-25-24(3-1)27-11-9-26(10-12-27)18-20-4-5-23-21(17-20)19-28(13-14-29-23)22-6-15-30-16-7-22/h1-5,8,17,22H,6-7,9-16,18-19H2. The monoisotopic (exact) mass is 424 g/mol. The highest BCUT2D eigenvalue weighted by Gasteiger charge is 2.25. The van der Waals surface area contributed by atoms with Crippen LogP contribution in [0.5, 0.6) is 5.75 Å². The lowest BCUT2D eigenvalue weighted by Crippen LogP contribution is -2.46. The van der Waals surface area contributed by atoms with Crippen LogP contribution < -0.4 is 9.64 Å². The van der Waals surface area contributed by atoms with Gasteiger partial charge >= 0.3 is 0 Å². The zero-order valence-electron chi connectivity index (χ0n) is 17.7. The third kappa shape index (κ3) is 4.76. The third-order valence-electron chi connectivity index (χ3n) is 6.59. The van der Waals surface area contributed by atoms with E-state index in [0.717, 1.165) is 70.0 Å². The summed E-state index contributed by atoms with van der Waals surface area (Å²) in [5, 5.41) is 0. The van der Waals surface area contributed by atoms with Crippen molar-refractivity contribution in [1.82, 2.24) is 14.8 Å². The van der Waals surface area contributed by atoms with E-state index < -0.39 is 0 Å². The maximum absolute atomic E-state index is 6.10. The van der Waals surface area contributed by atoms with Gasteiger partial charge in [0.25, 0.3) is 0 Å². The van der Waals surface area contributed by atoms with E-state index in [1.807, 2.05) is 12.3 Å². The van der Waals surface area contributed by atoms with Gasteiger partial charge in [-0.2, -0.15) is 11.8 Å². The van der Waals surface area contributed by atoms with Crippen molar-refractivity contribution in [3.05, 3.63) is 53.7 Å². The number of ether oxygens (including phenoxy) is 1. The first-order valence-electron chi connectivity index (χ1n) is 11.3. The Hall–Kier alpha value is -1.76. The molecule has 0 amide bonds. The van der Waals surface area contributed by atoms with E-state index in [1.165, 1.54) is 35.5 Å². The van der Waals surface area contributed by atoms with Crippen molar-refractivity contribution >= 4 is 17.6 Å². The van der Waals surface area contributed by atoms with Crippen LogP contribution in [0, 0.1) is 0 Å². The molecular formula is C24H32N4OS. The van der Waals surface area contributed by atoms with Gasteiger partial charge in [-0.15, -0.1) is 0 Å². The molecule has 0 aliphatic carbocycles. The van der Waals surface area contributed by atoms with Crippen molar-refractivity contribution in [3.8, 4) is 5.75 Å². The summed E-state index contributed by atoms with van der Waals surface area (Å²) < 4.78 is 6.10. The summed E-state index contributed by atoms with van der Waals surface area (Å²) in [6.07, 6.45) is 4.52. The molecule has 5 rings (SSSR count). The molecule has 0 saturated carbocycles. The van der Waals surface area contributed by atoms with E-state index in [9.17, 15) is 0 Å². The van der Waals surface area contributed by atoms with Gasteiger partial charge in [-0.05, 0) is 54.2 Å². The average molecular weight is 425 g/mol. The van der Waals surface area contributed by atoms with Crippen LogP contribution in [-0.2, 0) is 13.1 Å². The number of fused-ring (bicyclic) bond motifs is 1. The van der Waals surface area contributed by atoms with Crippen LogP contribution in [0.1, 0.15) is 24.0 Å². The molecule has 0 bridgehead atoms. The Morgan fingerprint density at radius 2 is 1.87 bits per heavy atom. The highest BCUT2D eigenvalue weighted by Crippen LogP contribution is 2.29. The minimum atomic E-state index is 0.726. The first kappa shape index (κ1) is 20.2. The van der Waals surface area contributed by atoms with Crippen molar-refractivity contribution in [2.45, 2.75) is 32.0 Å². The summed E-state index contributed by atoms with van der Waals surface area (Å²) in [7, 11) is 0. The van der Waals surface area contributed by atoms with Gasteiger partial charge in [0.1, 0.15) is 18.2 Å². The van der Waals surface area contributed by atoms with E-state index in [2.05, 4.69) is 61.8 Å². The van der Waals surface area contributed by atoms with Crippen LogP contribution in [0.4, 0.5) is 5.82 Å². The molecule has 0 unspecified atom stereocenters. The number of aromatic nitrogens is 1. The Morgan fingerprint density at radius 3 is 2.67 bits per heavy atom. The summed E-state index contributed by atoms with van der Waals surface area (Å²) in [5.74, 6) is 4.80. The second kappa shape index (κ2) is 9.58. The molecule has 1 aromatic heterocycles. The molecule has 2 fully saturated rings. The lowest BCUT2D eigenvalue weighted by Gasteiger charge is -2.35. The Bertz CT molecular complexity index is 819. The highest BCUT2D eigenvalue weighted by molar-refractivity contribution is 7.99. The zero-order chi connectivity index (χ0) is 20.2. The van der Waals surface area contributed by atoms with Crippen molar-refractivity contribution in [3.63, 3.8) is 0 Å². The molecule has 4 heterocycles. The normalized spacial score (nSPS) is 21.7. The van der Waals surface area contributed by atoms with Crippen LogP contribution in [0.15, 0.2) is 42.6 Å². The fourth-order valence-corrected chi connectivity index (χ4v) is 5.94. The van der Waals surface area contributed by atoms with Crippen molar-refractivity contribution in [2.75, 3.05) is 55.7 Å². The smallest absolute Gasteiger partial charge is 0.128 e. The number of hydrogen-bond acceptors (Lipinski definition) is 6. The Balaban J connectivity index is 1.21. The largest absolute Gasteiger partial charge is 0.492 e. The molecule has 5 nitrogen and oxygen atoms in total. The van der Waals surface area contributed by atoms with Crippen LogP contribution in [-0.4, -0.2) is 71.7 Å². The van der Waals surface area contributed by atoms with E-state index in [1.54, 1.807) is 0 Å². The second-order valence-corrected chi connectivity index (χ2v) is 9.78. The lowest BCUT2D eigenvalue weighted by atomic mass is 10.1. The zero-order valence-corrected chi connectivity index (χ0v) is 18.5. The predicted octanol–water partition coefficient (Wildman–Crippen LogP) is 3.49. The average Bonchev–Trinajstić information content (AvgIpc) is 3.03. The Labute approximate surface area is 184 Å². The summed E-state index contributed by atoms with van der Waals surface area (Å²) in [6, 6.07) is 13.8. The molecule has 2 saturated heterocycles. The van der Waals surface area contributed by atoms with Gasteiger partial charge in [0, 0.05) is 63.6 Å². The van der Waals surface area contributed by atoms with Crippen LogP contribution in [0.2, 0.25) is 0 Å². The fraction of sp³-hybridized carbons (Fsp3) is 0.542. The van der Waals surface area contributed by atoms with E-state index in [4.69, 9.17) is 4.74 Å². The van der Waals surface area contributed by atoms with Gasteiger partial charge in [0.05, 0.1) is 0 Å². The minimum Gasteiger partial charge on any atom is -0.492 e.